The number of carbonyl (C=O) groups excluding carboxylic acids is 2. The van der Waals surface area contributed by atoms with Crippen molar-refractivity contribution in [2.75, 3.05) is 31.7 Å². The second-order valence-electron chi connectivity index (χ2n) is 6.16. The maximum absolute atomic E-state index is 12.6. The Morgan fingerprint density at radius 2 is 2.10 bits per heavy atom. The first-order valence-electron chi connectivity index (χ1n) is 8.86. The van der Waals surface area contributed by atoms with Crippen LogP contribution in [0.3, 0.4) is 0 Å². The summed E-state index contributed by atoms with van der Waals surface area (Å²) >= 11 is 1.20. The van der Waals surface area contributed by atoms with Gasteiger partial charge in [-0.05, 0) is 6.07 Å². The quantitative estimate of drug-likeness (QED) is 0.569. The van der Waals surface area contributed by atoms with E-state index in [0.717, 1.165) is 5.56 Å². The van der Waals surface area contributed by atoms with Gasteiger partial charge in [0.15, 0.2) is 10.7 Å². The second kappa shape index (κ2) is 8.37. The molecule has 29 heavy (non-hydrogen) atoms. The van der Waals surface area contributed by atoms with E-state index in [9.17, 15) is 9.59 Å². The minimum Gasteiger partial charge on any atom is -0.475 e. The average molecular weight is 414 g/mol. The number of hydrogen-bond acceptors (Lipinski definition) is 8. The van der Waals surface area contributed by atoms with Crippen LogP contribution in [0.1, 0.15) is 20.3 Å². The van der Waals surface area contributed by atoms with Crippen molar-refractivity contribution in [3.05, 3.63) is 40.6 Å². The third kappa shape index (κ3) is 4.41. The van der Waals surface area contributed by atoms with Crippen molar-refractivity contribution in [3.63, 3.8) is 0 Å². The van der Waals surface area contributed by atoms with E-state index in [-0.39, 0.29) is 10.7 Å². The summed E-state index contributed by atoms with van der Waals surface area (Å²) in [5.74, 6) is -0.376. The Balaban J connectivity index is 1.64. The van der Waals surface area contributed by atoms with Crippen LogP contribution in [0.2, 0.25) is 0 Å². The van der Waals surface area contributed by atoms with E-state index in [4.69, 9.17) is 9.47 Å². The van der Waals surface area contributed by atoms with Crippen LogP contribution < -0.4 is 15.4 Å². The van der Waals surface area contributed by atoms with Gasteiger partial charge in [0.05, 0.1) is 24.6 Å². The average Bonchev–Trinajstić information content (AvgIpc) is 3.34. The number of hydrogen-bond donors (Lipinski definition) is 2. The Kier molecular flexibility index (Phi) is 5.49. The van der Waals surface area contributed by atoms with Crippen molar-refractivity contribution in [2.45, 2.75) is 0 Å². The van der Waals surface area contributed by atoms with E-state index in [1.165, 1.54) is 16.0 Å². The summed E-state index contributed by atoms with van der Waals surface area (Å²) in [5.41, 5.74) is 1.86. The van der Waals surface area contributed by atoms with Crippen LogP contribution >= 0.6 is 11.3 Å². The van der Waals surface area contributed by atoms with Gasteiger partial charge in [-0.2, -0.15) is 5.10 Å². The molecule has 3 aromatic heterocycles. The Labute approximate surface area is 169 Å². The lowest BCUT2D eigenvalue weighted by Crippen LogP contribution is -2.29. The predicted octanol–water partition coefficient (Wildman–Crippen LogP) is 1.33. The fraction of sp³-hybridized carbons (Fsp3) is 0.278. The molecular formula is C18H18N6O4S. The number of aryl methyl sites for hydroxylation is 1. The summed E-state index contributed by atoms with van der Waals surface area (Å²) in [4.78, 5) is 33.6. The molecule has 2 N–H and O–H groups in total. The van der Waals surface area contributed by atoms with Crippen molar-refractivity contribution >= 4 is 28.8 Å². The smallest absolute Gasteiger partial charge is 0.284 e. The second-order valence-corrected chi connectivity index (χ2v) is 7.01. The number of rotatable bonds is 0. The number of amides is 2. The standard InChI is InChI=1S/C18H18N6O4S/c1-24-9-12-15(23-24)16(25)20-4-5-27-6-7-28-14-8-11(2-3-19-14)13-10-29-18(22-13)17(26)21-12/h2-3,8-10H,4-7H2,1H3,(H,20,25)(H,21,26). The number of pyridine rings is 1. The first kappa shape index (κ1) is 19.0. The summed E-state index contributed by atoms with van der Waals surface area (Å²) < 4.78 is 12.5. The van der Waals surface area contributed by atoms with E-state index >= 15 is 0 Å². The van der Waals surface area contributed by atoms with E-state index < -0.39 is 11.8 Å². The topological polar surface area (TPSA) is 120 Å². The van der Waals surface area contributed by atoms with Crippen LogP contribution in [0.15, 0.2) is 29.9 Å². The summed E-state index contributed by atoms with van der Waals surface area (Å²) in [5, 5.41) is 11.6. The molecule has 10 nitrogen and oxygen atoms in total. The molecule has 0 saturated heterocycles. The molecular weight excluding hydrogens is 396 g/mol. The predicted molar refractivity (Wildman–Crippen MR) is 105 cm³/mol. The Bertz CT molecular complexity index is 1050. The van der Waals surface area contributed by atoms with Crippen LogP contribution in [0.4, 0.5) is 5.69 Å². The number of aromatic nitrogens is 4. The van der Waals surface area contributed by atoms with Gasteiger partial charge < -0.3 is 20.1 Å². The highest BCUT2D eigenvalue weighted by atomic mass is 32.1. The number of ether oxygens (including phenoxy) is 2. The summed E-state index contributed by atoms with van der Waals surface area (Å²) in [7, 11) is 1.67. The van der Waals surface area contributed by atoms with Crippen molar-refractivity contribution < 1.29 is 19.1 Å². The van der Waals surface area contributed by atoms with Gasteiger partial charge in [0.1, 0.15) is 6.61 Å². The highest BCUT2D eigenvalue weighted by Gasteiger charge is 2.20. The zero-order valence-corrected chi connectivity index (χ0v) is 16.4. The monoisotopic (exact) mass is 414 g/mol. The molecule has 1 aliphatic rings. The number of nitrogens with one attached hydrogen (secondary N) is 2. The van der Waals surface area contributed by atoms with E-state index in [1.807, 2.05) is 0 Å². The highest BCUT2D eigenvalue weighted by molar-refractivity contribution is 7.12. The number of carbonyl (C=O) groups is 2. The zero-order valence-electron chi connectivity index (χ0n) is 15.5. The van der Waals surface area contributed by atoms with E-state index in [0.29, 0.717) is 43.6 Å². The van der Waals surface area contributed by atoms with Gasteiger partial charge >= 0.3 is 0 Å². The lowest BCUT2D eigenvalue weighted by molar-refractivity contribution is 0.0859. The lowest BCUT2D eigenvalue weighted by atomic mass is 10.2. The molecule has 150 valence electrons. The van der Waals surface area contributed by atoms with Gasteiger partial charge in [0.2, 0.25) is 5.88 Å². The number of anilines is 1. The van der Waals surface area contributed by atoms with Crippen molar-refractivity contribution in [1.29, 1.82) is 0 Å². The summed E-state index contributed by atoms with van der Waals surface area (Å²) in [6, 6.07) is 3.56. The molecule has 0 aromatic carbocycles. The molecule has 0 unspecified atom stereocenters. The molecule has 0 spiro atoms. The highest BCUT2D eigenvalue weighted by Crippen LogP contribution is 2.25. The molecule has 11 heteroatoms. The molecule has 0 fully saturated rings. The molecule has 4 rings (SSSR count). The van der Waals surface area contributed by atoms with Crippen molar-refractivity contribution in [1.82, 2.24) is 25.1 Å². The summed E-state index contributed by atoms with van der Waals surface area (Å²) in [6.07, 6.45) is 3.20. The van der Waals surface area contributed by atoms with E-state index in [1.54, 1.807) is 37.0 Å². The Morgan fingerprint density at radius 3 is 3.00 bits per heavy atom. The van der Waals surface area contributed by atoms with E-state index in [2.05, 4.69) is 25.7 Å². The third-order valence-electron chi connectivity index (χ3n) is 4.03. The molecule has 0 radical (unpaired) electrons. The van der Waals surface area contributed by atoms with Crippen LogP contribution in [-0.4, -0.2) is 57.9 Å². The number of thiazole rings is 1. The molecule has 3 aromatic rings. The maximum Gasteiger partial charge on any atom is 0.284 e. The first-order chi connectivity index (χ1) is 14.1. The Hall–Kier alpha value is -3.31. The first-order valence-corrected chi connectivity index (χ1v) is 9.74. The lowest BCUT2D eigenvalue weighted by Gasteiger charge is -2.09. The van der Waals surface area contributed by atoms with Crippen LogP contribution in [0.5, 0.6) is 5.88 Å². The van der Waals surface area contributed by atoms with Gasteiger partial charge in [0.25, 0.3) is 11.8 Å². The minimum atomic E-state index is -0.418. The van der Waals surface area contributed by atoms with Crippen LogP contribution in [-0.2, 0) is 11.8 Å². The number of fused-ring (bicyclic) bond motifs is 6. The Morgan fingerprint density at radius 1 is 1.21 bits per heavy atom. The van der Waals surface area contributed by atoms with Gasteiger partial charge in [-0.1, -0.05) is 0 Å². The molecule has 0 aliphatic carbocycles. The van der Waals surface area contributed by atoms with Crippen molar-refractivity contribution in [2.24, 2.45) is 7.05 Å². The van der Waals surface area contributed by atoms with Gasteiger partial charge in [-0.25, -0.2) is 9.97 Å². The zero-order chi connectivity index (χ0) is 20.2. The summed E-state index contributed by atoms with van der Waals surface area (Å²) in [6.45, 7) is 1.29. The normalized spacial score (nSPS) is 15.3. The number of nitrogens with zero attached hydrogens (tertiary/aromatic N) is 4. The molecule has 4 bridgehead atoms. The fourth-order valence-electron chi connectivity index (χ4n) is 2.71. The molecule has 2 amide bonds. The van der Waals surface area contributed by atoms with Gasteiger partial charge in [-0.3, -0.25) is 14.3 Å². The molecule has 0 atom stereocenters. The van der Waals surface area contributed by atoms with Gasteiger partial charge in [0, 0.05) is 43.0 Å². The third-order valence-corrected chi connectivity index (χ3v) is 4.87. The minimum absolute atomic E-state index is 0.126. The SMILES string of the molecule is Cn1cc2c(n1)C(=O)NCCOCCOc1cc(ccn1)-c1csc(n1)C(=O)N2. The van der Waals surface area contributed by atoms with Crippen molar-refractivity contribution in [3.8, 4) is 17.1 Å². The molecule has 4 heterocycles. The fourth-order valence-corrected chi connectivity index (χ4v) is 3.43. The van der Waals surface area contributed by atoms with Gasteiger partial charge in [-0.15, -0.1) is 11.3 Å². The maximum atomic E-state index is 12.6. The largest absolute Gasteiger partial charge is 0.475 e. The van der Waals surface area contributed by atoms with Crippen LogP contribution in [0, 0.1) is 0 Å². The van der Waals surface area contributed by atoms with Crippen LogP contribution in [0.25, 0.3) is 11.3 Å². The molecule has 0 saturated carbocycles. The molecule has 1 aliphatic heterocycles.